The normalized spacial score (nSPS) is 15.8. The predicted octanol–water partition coefficient (Wildman–Crippen LogP) is 4.13. The van der Waals surface area contributed by atoms with Gasteiger partial charge in [0, 0.05) is 62.0 Å². The van der Waals surface area contributed by atoms with Crippen LogP contribution in [0.25, 0.3) is 11.3 Å². The summed E-state index contributed by atoms with van der Waals surface area (Å²) in [6.45, 7) is 8.49. The van der Waals surface area contributed by atoms with Gasteiger partial charge in [-0.1, -0.05) is 37.3 Å². The van der Waals surface area contributed by atoms with E-state index in [0.29, 0.717) is 0 Å². The predicted molar refractivity (Wildman–Crippen MR) is 112 cm³/mol. The van der Waals surface area contributed by atoms with Crippen molar-refractivity contribution < 1.29 is 0 Å². The third-order valence-electron chi connectivity index (χ3n) is 4.97. The summed E-state index contributed by atoms with van der Waals surface area (Å²) in [5.41, 5.74) is 3.60. The molecule has 1 fully saturated rings. The van der Waals surface area contributed by atoms with Crippen molar-refractivity contribution in [3.8, 4) is 11.3 Å². The Morgan fingerprint density at radius 2 is 1.96 bits per heavy atom. The van der Waals surface area contributed by atoms with E-state index >= 15 is 0 Å². The second-order valence-corrected chi connectivity index (χ2v) is 7.95. The van der Waals surface area contributed by atoms with Gasteiger partial charge in [-0.25, -0.2) is 4.98 Å². The highest BCUT2D eigenvalue weighted by atomic mass is 32.1. The van der Waals surface area contributed by atoms with Gasteiger partial charge >= 0.3 is 0 Å². The molecule has 142 valence electrons. The topological polar surface area (TPSA) is 37.2 Å². The summed E-state index contributed by atoms with van der Waals surface area (Å²) < 4.78 is 2.06. The third kappa shape index (κ3) is 4.57. The molecule has 0 N–H and O–H groups in total. The number of hydrogen-bond donors (Lipinski definition) is 0. The van der Waals surface area contributed by atoms with E-state index in [9.17, 15) is 0 Å². The van der Waals surface area contributed by atoms with Crippen LogP contribution in [0.3, 0.4) is 0 Å². The molecular weight excluding hydrogens is 354 g/mol. The van der Waals surface area contributed by atoms with Gasteiger partial charge in [-0.15, -0.1) is 11.3 Å². The fourth-order valence-corrected chi connectivity index (χ4v) is 4.46. The zero-order valence-corrected chi connectivity index (χ0v) is 16.7. The SMILES string of the molecule is CCCn1cc(CN2CCCN(c3nc(-c4ccccc4)cs3)CC2)cn1. The molecule has 0 aliphatic carbocycles. The number of aromatic nitrogens is 3. The van der Waals surface area contributed by atoms with Gasteiger partial charge in [0.1, 0.15) is 0 Å². The monoisotopic (exact) mass is 381 g/mol. The van der Waals surface area contributed by atoms with Crippen LogP contribution >= 0.6 is 11.3 Å². The quantitative estimate of drug-likeness (QED) is 0.643. The van der Waals surface area contributed by atoms with Gasteiger partial charge in [-0.05, 0) is 12.8 Å². The zero-order chi connectivity index (χ0) is 18.5. The summed E-state index contributed by atoms with van der Waals surface area (Å²) in [6, 6.07) is 10.4. The highest BCUT2D eigenvalue weighted by Gasteiger charge is 2.18. The third-order valence-corrected chi connectivity index (χ3v) is 5.87. The van der Waals surface area contributed by atoms with Crippen LogP contribution in [0.15, 0.2) is 48.1 Å². The summed E-state index contributed by atoms with van der Waals surface area (Å²) in [4.78, 5) is 9.87. The smallest absolute Gasteiger partial charge is 0.185 e. The van der Waals surface area contributed by atoms with E-state index in [-0.39, 0.29) is 0 Å². The number of benzene rings is 1. The Morgan fingerprint density at radius 3 is 2.81 bits per heavy atom. The van der Waals surface area contributed by atoms with E-state index in [1.165, 1.54) is 17.5 Å². The molecule has 5 nitrogen and oxygen atoms in total. The van der Waals surface area contributed by atoms with Crippen LogP contribution in [0, 0.1) is 0 Å². The molecule has 3 heterocycles. The first-order valence-electron chi connectivity index (χ1n) is 9.81. The van der Waals surface area contributed by atoms with Crippen LogP contribution in [-0.2, 0) is 13.1 Å². The standard InChI is InChI=1S/C21H27N5S/c1-2-9-26-16-18(14-22-26)15-24-10-6-11-25(13-12-24)21-23-20(17-27-21)19-7-4-3-5-8-19/h3-5,7-8,14,16-17H,2,6,9-13,15H2,1H3. The summed E-state index contributed by atoms with van der Waals surface area (Å²) in [5.74, 6) is 0. The summed E-state index contributed by atoms with van der Waals surface area (Å²) >= 11 is 1.76. The minimum atomic E-state index is 0.991. The Bertz CT molecular complexity index is 841. The number of anilines is 1. The van der Waals surface area contributed by atoms with Crippen molar-refractivity contribution in [2.75, 3.05) is 31.1 Å². The fourth-order valence-electron chi connectivity index (χ4n) is 3.57. The Morgan fingerprint density at radius 1 is 1.07 bits per heavy atom. The zero-order valence-electron chi connectivity index (χ0n) is 15.9. The lowest BCUT2D eigenvalue weighted by Gasteiger charge is -2.21. The van der Waals surface area contributed by atoms with E-state index in [2.05, 4.69) is 62.3 Å². The van der Waals surface area contributed by atoms with Crippen LogP contribution in [0.4, 0.5) is 5.13 Å². The molecule has 3 aromatic rings. The second-order valence-electron chi connectivity index (χ2n) is 7.11. The lowest BCUT2D eigenvalue weighted by molar-refractivity contribution is 0.285. The van der Waals surface area contributed by atoms with Crippen molar-refractivity contribution >= 4 is 16.5 Å². The van der Waals surface area contributed by atoms with Gasteiger partial charge in [0.05, 0.1) is 11.9 Å². The Kier molecular flexibility index (Phi) is 5.84. The average molecular weight is 382 g/mol. The number of aryl methyl sites for hydroxylation is 1. The maximum Gasteiger partial charge on any atom is 0.185 e. The van der Waals surface area contributed by atoms with Gasteiger partial charge in [-0.2, -0.15) is 5.10 Å². The van der Waals surface area contributed by atoms with Crippen LogP contribution in [0.5, 0.6) is 0 Å². The molecule has 1 aliphatic rings. The molecule has 0 radical (unpaired) electrons. The minimum absolute atomic E-state index is 0.991. The molecule has 1 saturated heterocycles. The van der Waals surface area contributed by atoms with Crippen molar-refractivity contribution in [3.63, 3.8) is 0 Å². The number of rotatable bonds is 6. The lowest BCUT2D eigenvalue weighted by Crippen LogP contribution is -2.30. The summed E-state index contributed by atoms with van der Waals surface area (Å²) in [5, 5.41) is 7.78. The van der Waals surface area contributed by atoms with E-state index in [1.807, 2.05) is 12.3 Å². The molecule has 4 rings (SSSR count). The van der Waals surface area contributed by atoms with E-state index < -0.39 is 0 Å². The maximum absolute atomic E-state index is 4.89. The van der Waals surface area contributed by atoms with Gasteiger partial charge < -0.3 is 4.90 Å². The highest BCUT2D eigenvalue weighted by molar-refractivity contribution is 7.14. The molecule has 1 aromatic carbocycles. The van der Waals surface area contributed by atoms with Crippen LogP contribution in [0.1, 0.15) is 25.3 Å². The average Bonchev–Trinajstić information content (AvgIpc) is 3.29. The molecule has 2 aromatic heterocycles. The number of hydrogen-bond acceptors (Lipinski definition) is 5. The Balaban J connectivity index is 1.36. The Labute approximate surface area is 165 Å². The van der Waals surface area contributed by atoms with Gasteiger partial charge in [0.15, 0.2) is 5.13 Å². The molecule has 0 atom stereocenters. The molecule has 0 saturated carbocycles. The van der Waals surface area contributed by atoms with Crippen LogP contribution in [-0.4, -0.2) is 45.8 Å². The summed E-state index contributed by atoms with van der Waals surface area (Å²) in [7, 11) is 0. The molecule has 6 heteroatoms. The highest BCUT2D eigenvalue weighted by Crippen LogP contribution is 2.28. The van der Waals surface area contributed by atoms with E-state index in [1.54, 1.807) is 11.3 Å². The maximum atomic E-state index is 4.89. The van der Waals surface area contributed by atoms with Crippen LogP contribution in [0.2, 0.25) is 0 Å². The Hall–Kier alpha value is -2.18. The summed E-state index contributed by atoms with van der Waals surface area (Å²) in [6.07, 6.45) is 6.51. The van der Waals surface area contributed by atoms with Crippen molar-refractivity contribution in [2.45, 2.75) is 32.9 Å². The molecule has 1 aliphatic heterocycles. The first-order valence-corrected chi connectivity index (χ1v) is 10.7. The van der Waals surface area contributed by atoms with Crippen molar-refractivity contribution in [1.82, 2.24) is 19.7 Å². The number of thiazole rings is 1. The molecule has 0 bridgehead atoms. The first kappa shape index (κ1) is 18.2. The minimum Gasteiger partial charge on any atom is -0.347 e. The van der Waals surface area contributed by atoms with E-state index in [0.717, 1.165) is 56.5 Å². The largest absolute Gasteiger partial charge is 0.347 e. The van der Waals surface area contributed by atoms with Gasteiger partial charge in [0.25, 0.3) is 0 Å². The molecule has 27 heavy (non-hydrogen) atoms. The van der Waals surface area contributed by atoms with E-state index in [4.69, 9.17) is 4.98 Å². The van der Waals surface area contributed by atoms with Gasteiger partial charge in [-0.3, -0.25) is 9.58 Å². The molecule has 0 unspecified atom stereocenters. The number of nitrogens with zero attached hydrogens (tertiary/aromatic N) is 5. The first-order chi connectivity index (χ1) is 13.3. The molecule has 0 amide bonds. The van der Waals surface area contributed by atoms with Crippen molar-refractivity contribution in [3.05, 3.63) is 53.7 Å². The van der Waals surface area contributed by atoms with Crippen molar-refractivity contribution in [1.29, 1.82) is 0 Å². The second kappa shape index (κ2) is 8.67. The lowest BCUT2D eigenvalue weighted by atomic mass is 10.2. The fraction of sp³-hybridized carbons (Fsp3) is 0.429. The van der Waals surface area contributed by atoms with Gasteiger partial charge in [0.2, 0.25) is 0 Å². The van der Waals surface area contributed by atoms with Crippen LogP contribution < -0.4 is 4.90 Å². The van der Waals surface area contributed by atoms with Crippen molar-refractivity contribution in [2.24, 2.45) is 0 Å². The molecule has 0 spiro atoms. The molecular formula is C21H27N5S.